The number of benzene rings is 1. The highest BCUT2D eigenvalue weighted by Crippen LogP contribution is 2.20. The molecule has 0 saturated carbocycles. The van der Waals surface area contributed by atoms with Gasteiger partial charge >= 0.3 is 5.97 Å². The minimum Gasteiger partial charge on any atom is -0.469 e. The third-order valence-corrected chi connectivity index (χ3v) is 4.00. The Kier molecular flexibility index (Phi) is 6.12. The monoisotopic (exact) mass is 315 g/mol. The van der Waals surface area contributed by atoms with Crippen molar-refractivity contribution in [2.45, 2.75) is 31.7 Å². The first-order chi connectivity index (χ1) is 11.1. The topological polar surface area (TPSA) is 82.4 Å². The molecule has 6 nitrogen and oxygen atoms in total. The average molecular weight is 315 g/mol. The minimum absolute atomic E-state index is 0.0485. The van der Waals surface area contributed by atoms with E-state index in [1.807, 2.05) is 11.0 Å². The zero-order valence-corrected chi connectivity index (χ0v) is 13.2. The van der Waals surface area contributed by atoms with Crippen LogP contribution in [0.2, 0.25) is 0 Å². The number of nitriles is 1. The summed E-state index contributed by atoms with van der Waals surface area (Å²) in [6.07, 6.45) is 3.29. The van der Waals surface area contributed by atoms with E-state index in [0.29, 0.717) is 17.7 Å². The first kappa shape index (κ1) is 17.0. The van der Waals surface area contributed by atoms with E-state index in [4.69, 9.17) is 10.00 Å². The zero-order chi connectivity index (χ0) is 16.7. The third kappa shape index (κ3) is 5.08. The molecule has 1 aliphatic heterocycles. The van der Waals surface area contributed by atoms with Crippen LogP contribution in [0, 0.1) is 11.3 Å². The van der Waals surface area contributed by atoms with Gasteiger partial charge in [0.25, 0.3) is 0 Å². The molecule has 1 unspecified atom stereocenters. The van der Waals surface area contributed by atoms with Crippen molar-refractivity contribution in [3.05, 3.63) is 29.8 Å². The summed E-state index contributed by atoms with van der Waals surface area (Å²) in [5.74, 6) is -0.388. The smallest absolute Gasteiger partial charge is 0.307 e. The van der Waals surface area contributed by atoms with E-state index < -0.39 is 0 Å². The van der Waals surface area contributed by atoms with Gasteiger partial charge in [0.1, 0.15) is 0 Å². The summed E-state index contributed by atoms with van der Waals surface area (Å²) >= 11 is 0. The molecule has 0 aliphatic carbocycles. The second kappa shape index (κ2) is 8.30. The molecule has 1 heterocycles. The number of anilines is 1. The van der Waals surface area contributed by atoms with Crippen molar-refractivity contribution in [2.24, 2.45) is 0 Å². The van der Waals surface area contributed by atoms with Gasteiger partial charge in [-0.2, -0.15) is 5.26 Å². The summed E-state index contributed by atoms with van der Waals surface area (Å²) in [4.78, 5) is 25.8. The molecule has 1 aliphatic rings. The normalized spacial score (nSPS) is 18.0. The minimum atomic E-state index is -0.246. The molecule has 1 N–H and O–H groups in total. The molecule has 0 radical (unpaired) electrons. The van der Waals surface area contributed by atoms with Crippen LogP contribution in [0.15, 0.2) is 24.3 Å². The lowest BCUT2D eigenvalue weighted by atomic mass is 9.99. The first-order valence-corrected chi connectivity index (χ1v) is 7.73. The van der Waals surface area contributed by atoms with Crippen LogP contribution in [0.25, 0.3) is 0 Å². The number of likely N-dealkylation sites (tertiary alicyclic amines) is 1. The van der Waals surface area contributed by atoms with E-state index in [-0.39, 0.29) is 24.5 Å². The first-order valence-electron chi connectivity index (χ1n) is 7.73. The van der Waals surface area contributed by atoms with E-state index in [1.165, 1.54) is 7.11 Å². The van der Waals surface area contributed by atoms with Crippen molar-refractivity contribution >= 4 is 17.6 Å². The number of methoxy groups -OCH3 is 1. The summed E-state index contributed by atoms with van der Waals surface area (Å²) in [5.41, 5.74) is 1.11. The number of rotatable bonds is 5. The van der Waals surface area contributed by atoms with Crippen LogP contribution >= 0.6 is 0 Å². The molecule has 23 heavy (non-hydrogen) atoms. The van der Waals surface area contributed by atoms with Crippen LogP contribution in [-0.2, 0) is 14.3 Å². The van der Waals surface area contributed by atoms with Gasteiger partial charge < -0.3 is 10.1 Å². The molecule has 1 amide bonds. The van der Waals surface area contributed by atoms with Crippen molar-refractivity contribution in [1.82, 2.24) is 4.90 Å². The van der Waals surface area contributed by atoms with Gasteiger partial charge in [-0.1, -0.05) is 12.5 Å². The van der Waals surface area contributed by atoms with Gasteiger partial charge in [-0.25, -0.2) is 0 Å². The van der Waals surface area contributed by atoms with Crippen molar-refractivity contribution < 1.29 is 14.3 Å². The maximum atomic E-state index is 12.2. The highest BCUT2D eigenvalue weighted by Gasteiger charge is 2.26. The lowest BCUT2D eigenvalue weighted by molar-refractivity contribution is -0.142. The zero-order valence-electron chi connectivity index (χ0n) is 13.2. The van der Waals surface area contributed by atoms with Crippen molar-refractivity contribution in [1.29, 1.82) is 5.26 Å². The Morgan fingerprint density at radius 1 is 1.43 bits per heavy atom. The van der Waals surface area contributed by atoms with Gasteiger partial charge in [0.05, 0.1) is 31.7 Å². The predicted molar refractivity (Wildman–Crippen MR) is 85.6 cm³/mol. The molecule has 0 spiro atoms. The Labute approximate surface area is 136 Å². The second-order valence-corrected chi connectivity index (χ2v) is 5.64. The van der Waals surface area contributed by atoms with Crippen molar-refractivity contribution in [2.75, 3.05) is 25.5 Å². The molecule has 1 saturated heterocycles. The number of carbonyl (C=O) groups is 2. The number of piperidine rings is 1. The molecule has 1 aromatic carbocycles. The maximum Gasteiger partial charge on any atom is 0.307 e. The number of nitrogens with zero attached hydrogens (tertiary/aromatic N) is 2. The Balaban J connectivity index is 1.94. The van der Waals surface area contributed by atoms with Gasteiger partial charge in [-0.15, -0.1) is 0 Å². The Hall–Kier alpha value is -2.39. The van der Waals surface area contributed by atoms with E-state index in [2.05, 4.69) is 5.32 Å². The Bertz CT molecular complexity index is 609. The summed E-state index contributed by atoms with van der Waals surface area (Å²) in [6, 6.07) is 8.90. The fourth-order valence-electron chi connectivity index (χ4n) is 2.83. The number of ether oxygens (including phenoxy) is 1. The summed E-state index contributed by atoms with van der Waals surface area (Å²) < 4.78 is 4.73. The van der Waals surface area contributed by atoms with Gasteiger partial charge in [0, 0.05) is 11.7 Å². The lowest BCUT2D eigenvalue weighted by Crippen LogP contribution is -2.45. The van der Waals surface area contributed by atoms with Crippen LogP contribution in [-0.4, -0.2) is 43.0 Å². The SMILES string of the molecule is COC(=O)CC1CCCCN1CC(=O)Nc1cccc(C#N)c1. The molecule has 1 atom stereocenters. The van der Waals surface area contributed by atoms with Crippen molar-refractivity contribution in [3.63, 3.8) is 0 Å². The highest BCUT2D eigenvalue weighted by atomic mass is 16.5. The van der Waals surface area contributed by atoms with Crippen LogP contribution in [0.1, 0.15) is 31.2 Å². The summed E-state index contributed by atoms with van der Waals surface area (Å²) in [5, 5.41) is 11.7. The molecular formula is C17H21N3O3. The Morgan fingerprint density at radius 2 is 2.26 bits per heavy atom. The number of amides is 1. The molecule has 1 fully saturated rings. The molecule has 1 aromatic rings. The van der Waals surface area contributed by atoms with Gasteiger partial charge in [0.2, 0.25) is 5.91 Å². The molecule has 0 aromatic heterocycles. The molecule has 0 bridgehead atoms. The molecule has 122 valence electrons. The lowest BCUT2D eigenvalue weighted by Gasteiger charge is -2.34. The number of esters is 1. The molecule has 6 heteroatoms. The average Bonchev–Trinajstić information content (AvgIpc) is 2.56. The standard InChI is InChI=1S/C17H21N3O3/c1-23-17(22)10-15-7-2-3-8-20(15)12-16(21)19-14-6-4-5-13(9-14)11-18/h4-6,9,15H,2-3,7-8,10,12H2,1H3,(H,19,21). The third-order valence-electron chi connectivity index (χ3n) is 4.00. The van der Waals surface area contributed by atoms with E-state index in [0.717, 1.165) is 25.8 Å². The van der Waals surface area contributed by atoms with Crippen LogP contribution in [0.4, 0.5) is 5.69 Å². The maximum absolute atomic E-state index is 12.2. The van der Waals surface area contributed by atoms with Crippen LogP contribution in [0.3, 0.4) is 0 Å². The van der Waals surface area contributed by atoms with Gasteiger partial charge in [-0.05, 0) is 37.6 Å². The quantitative estimate of drug-likeness (QED) is 0.839. The van der Waals surface area contributed by atoms with Crippen LogP contribution < -0.4 is 5.32 Å². The fraction of sp³-hybridized carbons (Fsp3) is 0.471. The van der Waals surface area contributed by atoms with E-state index in [1.54, 1.807) is 24.3 Å². The highest BCUT2D eigenvalue weighted by molar-refractivity contribution is 5.92. The predicted octanol–water partition coefficient (Wildman–Crippen LogP) is 1.91. The fourth-order valence-corrected chi connectivity index (χ4v) is 2.83. The van der Waals surface area contributed by atoms with Crippen molar-refractivity contribution in [3.8, 4) is 6.07 Å². The Morgan fingerprint density at radius 3 is 3.00 bits per heavy atom. The number of nitrogens with one attached hydrogen (secondary N) is 1. The van der Waals surface area contributed by atoms with E-state index >= 15 is 0 Å². The summed E-state index contributed by atoms with van der Waals surface area (Å²) in [6.45, 7) is 1.03. The number of carbonyl (C=O) groups excluding carboxylic acids is 2. The molecule has 2 rings (SSSR count). The second-order valence-electron chi connectivity index (χ2n) is 5.64. The van der Waals surface area contributed by atoms with Gasteiger partial charge in [-0.3, -0.25) is 14.5 Å². The summed E-state index contributed by atoms with van der Waals surface area (Å²) in [7, 11) is 1.38. The van der Waals surface area contributed by atoms with Gasteiger partial charge in [0.15, 0.2) is 0 Å². The van der Waals surface area contributed by atoms with Crippen LogP contribution in [0.5, 0.6) is 0 Å². The largest absolute Gasteiger partial charge is 0.469 e. The molecular weight excluding hydrogens is 294 g/mol. The number of hydrogen-bond acceptors (Lipinski definition) is 5. The van der Waals surface area contributed by atoms with E-state index in [9.17, 15) is 9.59 Å². The number of hydrogen-bond donors (Lipinski definition) is 1.